The highest BCUT2D eigenvalue weighted by atomic mass is 79.9. The van der Waals surface area contributed by atoms with Crippen LogP contribution in [0.1, 0.15) is 10.4 Å². The normalized spacial score (nSPS) is 9.83. The lowest BCUT2D eigenvalue weighted by Crippen LogP contribution is -1.97. The Labute approximate surface area is 81.7 Å². The van der Waals surface area contributed by atoms with Gasteiger partial charge < -0.3 is 10.2 Å². The van der Waals surface area contributed by atoms with E-state index in [0.717, 1.165) is 0 Å². The van der Waals surface area contributed by atoms with Gasteiger partial charge in [0, 0.05) is 4.47 Å². The summed E-state index contributed by atoms with van der Waals surface area (Å²) in [6.45, 7) is 0. The summed E-state index contributed by atoms with van der Waals surface area (Å²) in [5.41, 5.74) is 0.0257. The quantitative estimate of drug-likeness (QED) is 0.806. The molecule has 0 aliphatic heterocycles. The monoisotopic (exact) mass is 250 g/mol. The number of hydrogen-bond acceptors (Lipinski definition) is 2. The molecule has 0 heterocycles. The molecule has 64 valence electrons. The lowest BCUT2D eigenvalue weighted by molar-refractivity contribution is 0.0696. The fourth-order valence-electron chi connectivity index (χ4n) is 0.700. The predicted octanol–water partition coefficient (Wildman–Crippen LogP) is 2.51. The third-order valence-electron chi connectivity index (χ3n) is 1.27. The molecule has 1 aromatic rings. The first-order valence-corrected chi connectivity index (χ1v) is 4.10. The minimum absolute atomic E-state index is 0.0237. The highest BCUT2D eigenvalue weighted by Crippen LogP contribution is 2.29. The lowest BCUT2D eigenvalue weighted by atomic mass is 10.2. The van der Waals surface area contributed by atoms with E-state index < -0.39 is 5.97 Å². The number of aromatic carboxylic acids is 1. The molecule has 0 fully saturated rings. The molecule has 5 heteroatoms. The van der Waals surface area contributed by atoms with Crippen LogP contribution in [-0.4, -0.2) is 16.2 Å². The maximum atomic E-state index is 10.5. The Morgan fingerprint density at radius 1 is 1.50 bits per heavy atom. The minimum Gasteiger partial charge on any atom is -0.506 e. The molecule has 2 N–H and O–H groups in total. The van der Waals surface area contributed by atoms with Crippen LogP contribution >= 0.6 is 27.5 Å². The third-order valence-corrected chi connectivity index (χ3v) is 2.23. The van der Waals surface area contributed by atoms with E-state index in [1.165, 1.54) is 12.1 Å². The van der Waals surface area contributed by atoms with Gasteiger partial charge in [0.05, 0.1) is 10.6 Å². The number of phenolic OH excluding ortho intramolecular Hbond substituents is 1. The Hall–Kier alpha value is -0.740. The molecular weight excluding hydrogens is 247 g/mol. The highest BCUT2D eigenvalue weighted by molar-refractivity contribution is 9.10. The summed E-state index contributed by atoms with van der Waals surface area (Å²) in [4.78, 5) is 10.5. The zero-order valence-electron chi connectivity index (χ0n) is 5.71. The van der Waals surface area contributed by atoms with Crippen molar-refractivity contribution in [2.75, 3.05) is 0 Å². The van der Waals surface area contributed by atoms with Gasteiger partial charge in [0.2, 0.25) is 0 Å². The van der Waals surface area contributed by atoms with E-state index in [2.05, 4.69) is 15.9 Å². The number of benzene rings is 1. The van der Waals surface area contributed by atoms with Crippen LogP contribution in [0.15, 0.2) is 16.6 Å². The van der Waals surface area contributed by atoms with Gasteiger partial charge in [-0.15, -0.1) is 0 Å². The van der Waals surface area contributed by atoms with Crippen LogP contribution in [0.3, 0.4) is 0 Å². The van der Waals surface area contributed by atoms with Gasteiger partial charge in [-0.1, -0.05) is 11.6 Å². The number of carboxylic acids is 1. The van der Waals surface area contributed by atoms with Crippen molar-refractivity contribution in [1.29, 1.82) is 0 Å². The fourth-order valence-corrected chi connectivity index (χ4v) is 1.36. The lowest BCUT2D eigenvalue weighted by Gasteiger charge is -2.01. The first-order valence-electron chi connectivity index (χ1n) is 2.93. The van der Waals surface area contributed by atoms with Crippen molar-refractivity contribution in [2.45, 2.75) is 0 Å². The summed E-state index contributed by atoms with van der Waals surface area (Å²) < 4.78 is 0.303. The van der Waals surface area contributed by atoms with Crippen LogP contribution in [0, 0.1) is 0 Å². The SMILES string of the molecule is O=C(O)c1cc(Cl)c(O)cc1Br. The van der Waals surface area contributed by atoms with Crippen molar-refractivity contribution >= 4 is 33.5 Å². The Balaban J connectivity index is 3.33. The first kappa shape index (κ1) is 9.35. The van der Waals surface area contributed by atoms with Crippen molar-refractivity contribution in [3.05, 3.63) is 27.2 Å². The molecule has 0 atom stereocenters. The third kappa shape index (κ3) is 1.70. The van der Waals surface area contributed by atoms with E-state index in [1.54, 1.807) is 0 Å². The molecule has 0 aromatic heterocycles. The van der Waals surface area contributed by atoms with Gasteiger partial charge in [-0.05, 0) is 28.1 Å². The van der Waals surface area contributed by atoms with Crippen molar-refractivity contribution in [3.63, 3.8) is 0 Å². The molecule has 0 bridgehead atoms. The van der Waals surface area contributed by atoms with Crippen LogP contribution in [-0.2, 0) is 0 Å². The van der Waals surface area contributed by atoms with Crippen molar-refractivity contribution in [3.8, 4) is 5.75 Å². The Morgan fingerprint density at radius 3 is 2.58 bits per heavy atom. The molecule has 0 saturated heterocycles. The maximum absolute atomic E-state index is 10.5. The number of rotatable bonds is 1. The summed E-state index contributed by atoms with van der Waals surface area (Å²) >= 11 is 8.48. The van der Waals surface area contributed by atoms with Crippen molar-refractivity contribution in [1.82, 2.24) is 0 Å². The molecule has 12 heavy (non-hydrogen) atoms. The number of hydrogen-bond donors (Lipinski definition) is 2. The van der Waals surface area contributed by atoms with Gasteiger partial charge in [-0.3, -0.25) is 0 Å². The molecule has 0 aliphatic carbocycles. The summed E-state index contributed by atoms with van der Waals surface area (Å²) in [6, 6.07) is 2.43. The van der Waals surface area contributed by atoms with E-state index in [-0.39, 0.29) is 16.3 Å². The first-order chi connectivity index (χ1) is 5.52. The number of phenols is 1. The van der Waals surface area contributed by atoms with E-state index in [4.69, 9.17) is 21.8 Å². The maximum Gasteiger partial charge on any atom is 0.336 e. The van der Waals surface area contributed by atoms with Crippen molar-refractivity contribution < 1.29 is 15.0 Å². The fraction of sp³-hybridized carbons (Fsp3) is 0. The largest absolute Gasteiger partial charge is 0.506 e. The van der Waals surface area contributed by atoms with Crippen molar-refractivity contribution in [2.24, 2.45) is 0 Å². The number of carboxylic acid groups (broad SMARTS) is 1. The van der Waals surface area contributed by atoms with Crippen LogP contribution in [0.4, 0.5) is 0 Å². The number of aromatic hydroxyl groups is 1. The van der Waals surface area contributed by atoms with Gasteiger partial charge in [-0.2, -0.15) is 0 Å². The van der Waals surface area contributed by atoms with Crippen LogP contribution < -0.4 is 0 Å². The van der Waals surface area contributed by atoms with Crippen LogP contribution in [0.2, 0.25) is 5.02 Å². The Bertz CT molecular complexity index is 338. The highest BCUT2D eigenvalue weighted by Gasteiger charge is 2.11. The minimum atomic E-state index is -1.09. The second kappa shape index (κ2) is 3.33. The molecule has 0 unspecified atom stereocenters. The predicted molar refractivity (Wildman–Crippen MR) is 47.8 cm³/mol. The van der Waals surface area contributed by atoms with E-state index in [1.807, 2.05) is 0 Å². The summed E-state index contributed by atoms with van der Waals surface area (Å²) in [5.74, 6) is -1.24. The summed E-state index contributed by atoms with van der Waals surface area (Å²) in [6.07, 6.45) is 0. The Morgan fingerprint density at radius 2 is 2.08 bits per heavy atom. The molecule has 3 nitrogen and oxygen atoms in total. The number of halogens is 2. The average Bonchev–Trinajstić information content (AvgIpc) is 1.96. The summed E-state index contributed by atoms with van der Waals surface area (Å²) in [5, 5.41) is 17.7. The van der Waals surface area contributed by atoms with E-state index in [9.17, 15) is 4.79 Å². The van der Waals surface area contributed by atoms with Crippen LogP contribution in [0.25, 0.3) is 0 Å². The number of carbonyl (C=O) groups is 1. The molecule has 1 rings (SSSR count). The molecule has 0 saturated carbocycles. The standard InChI is InChI=1S/C7H4BrClO3/c8-4-2-6(10)5(9)1-3(4)7(11)12/h1-2,10H,(H,11,12). The van der Waals surface area contributed by atoms with Gasteiger partial charge >= 0.3 is 5.97 Å². The van der Waals surface area contributed by atoms with Gasteiger partial charge in [0.25, 0.3) is 0 Å². The zero-order valence-corrected chi connectivity index (χ0v) is 8.06. The van der Waals surface area contributed by atoms with E-state index >= 15 is 0 Å². The second-order valence-corrected chi connectivity index (χ2v) is 3.35. The Kier molecular flexibility index (Phi) is 2.59. The smallest absolute Gasteiger partial charge is 0.336 e. The topological polar surface area (TPSA) is 57.5 Å². The van der Waals surface area contributed by atoms with Gasteiger partial charge in [0.15, 0.2) is 0 Å². The molecule has 0 spiro atoms. The molecule has 0 amide bonds. The van der Waals surface area contributed by atoms with Gasteiger partial charge in [0.1, 0.15) is 5.75 Å². The molecule has 0 radical (unpaired) electrons. The molecular formula is C7H4BrClO3. The average molecular weight is 251 g/mol. The second-order valence-electron chi connectivity index (χ2n) is 2.09. The molecule has 0 aliphatic rings. The van der Waals surface area contributed by atoms with Crippen LogP contribution in [0.5, 0.6) is 5.75 Å². The summed E-state index contributed by atoms with van der Waals surface area (Å²) in [7, 11) is 0. The zero-order chi connectivity index (χ0) is 9.30. The van der Waals surface area contributed by atoms with E-state index in [0.29, 0.717) is 4.47 Å². The van der Waals surface area contributed by atoms with Gasteiger partial charge in [-0.25, -0.2) is 4.79 Å². The molecule has 1 aromatic carbocycles.